The standard InChI is InChI=1S/C14H24N4/c1-18(2)14(8-4-5-9-14)13(17-15)11-12-7-3-6-10-16-12/h3,6-7,10,13,17H,4-5,8-9,11,15H2,1-2H3. The van der Waals surface area contributed by atoms with Crippen LogP contribution in [-0.4, -0.2) is 35.6 Å². The van der Waals surface area contributed by atoms with Crippen molar-refractivity contribution in [2.75, 3.05) is 14.1 Å². The predicted molar refractivity (Wildman–Crippen MR) is 73.9 cm³/mol. The fourth-order valence-electron chi connectivity index (χ4n) is 3.23. The highest BCUT2D eigenvalue weighted by molar-refractivity contribution is 5.10. The highest BCUT2D eigenvalue weighted by atomic mass is 15.3. The Balaban J connectivity index is 2.16. The smallest absolute Gasteiger partial charge is 0.0449 e. The molecule has 1 aliphatic rings. The number of nitrogens with zero attached hydrogens (tertiary/aromatic N) is 2. The van der Waals surface area contributed by atoms with E-state index in [1.165, 1.54) is 25.7 Å². The van der Waals surface area contributed by atoms with Gasteiger partial charge in [0.15, 0.2) is 0 Å². The average Bonchev–Trinajstić information content (AvgIpc) is 2.87. The van der Waals surface area contributed by atoms with Crippen LogP contribution in [0.4, 0.5) is 0 Å². The maximum Gasteiger partial charge on any atom is 0.0449 e. The molecule has 0 bridgehead atoms. The van der Waals surface area contributed by atoms with Crippen molar-refractivity contribution in [3.63, 3.8) is 0 Å². The van der Waals surface area contributed by atoms with Gasteiger partial charge >= 0.3 is 0 Å². The van der Waals surface area contributed by atoms with Gasteiger partial charge in [-0.1, -0.05) is 18.9 Å². The van der Waals surface area contributed by atoms with Crippen LogP contribution in [0, 0.1) is 0 Å². The monoisotopic (exact) mass is 248 g/mol. The van der Waals surface area contributed by atoms with Gasteiger partial charge in [0.1, 0.15) is 0 Å². The molecule has 0 aliphatic heterocycles. The van der Waals surface area contributed by atoms with E-state index in [4.69, 9.17) is 5.84 Å². The van der Waals surface area contributed by atoms with Crippen LogP contribution in [0.15, 0.2) is 24.4 Å². The van der Waals surface area contributed by atoms with Crippen molar-refractivity contribution in [2.24, 2.45) is 5.84 Å². The number of hydrazine groups is 1. The van der Waals surface area contributed by atoms with E-state index in [1.807, 2.05) is 18.3 Å². The molecule has 1 saturated carbocycles. The molecule has 1 unspecified atom stereocenters. The third kappa shape index (κ3) is 2.55. The first kappa shape index (κ1) is 13.5. The topological polar surface area (TPSA) is 54.2 Å². The number of pyridine rings is 1. The van der Waals surface area contributed by atoms with Gasteiger partial charge in [-0.25, -0.2) is 0 Å². The summed E-state index contributed by atoms with van der Waals surface area (Å²) < 4.78 is 0. The van der Waals surface area contributed by atoms with E-state index in [-0.39, 0.29) is 11.6 Å². The zero-order valence-electron chi connectivity index (χ0n) is 11.4. The fraction of sp³-hybridized carbons (Fsp3) is 0.643. The Labute approximate surface area is 110 Å². The van der Waals surface area contributed by atoms with Crippen molar-refractivity contribution in [1.82, 2.24) is 15.3 Å². The van der Waals surface area contributed by atoms with E-state index >= 15 is 0 Å². The summed E-state index contributed by atoms with van der Waals surface area (Å²) in [6.07, 6.45) is 7.73. The van der Waals surface area contributed by atoms with E-state index in [0.29, 0.717) is 0 Å². The Morgan fingerprint density at radius 1 is 1.39 bits per heavy atom. The maximum absolute atomic E-state index is 5.82. The number of likely N-dealkylation sites (N-methyl/N-ethyl adjacent to an activating group) is 1. The molecular formula is C14H24N4. The lowest BCUT2D eigenvalue weighted by Crippen LogP contribution is -2.60. The molecule has 1 atom stereocenters. The van der Waals surface area contributed by atoms with Gasteiger partial charge in [0, 0.05) is 29.9 Å². The summed E-state index contributed by atoms with van der Waals surface area (Å²) in [5, 5.41) is 0. The minimum atomic E-state index is 0.173. The Hall–Kier alpha value is -0.970. The predicted octanol–water partition coefficient (Wildman–Crippen LogP) is 1.33. The molecule has 18 heavy (non-hydrogen) atoms. The molecule has 1 fully saturated rings. The van der Waals surface area contributed by atoms with Gasteiger partial charge in [0.2, 0.25) is 0 Å². The number of nitrogens with two attached hydrogens (primary N) is 1. The number of nitrogens with one attached hydrogen (secondary N) is 1. The molecule has 0 spiro atoms. The summed E-state index contributed by atoms with van der Waals surface area (Å²) in [4.78, 5) is 6.76. The molecule has 0 saturated heterocycles. The number of aromatic nitrogens is 1. The van der Waals surface area contributed by atoms with Crippen molar-refractivity contribution in [1.29, 1.82) is 0 Å². The summed E-state index contributed by atoms with van der Waals surface area (Å²) in [7, 11) is 4.32. The van der Waals surface area contributed by atoms with Crippen LogP contribution >= 0.6 is 0 Å². The molecule has 0 radical (unpaired) electrons. The van der Waals surface area contributed by atoms with Gasteiger partial charge < -0.3 is 4.90 Å². The Morgan fingerprint density at radius 2 is 2.11 bits per heavy atom. The number of hydrogen-bond donors (Lipinski definition) is 2. The maximum atomic E-state index is 5.82. The molecule has 4 nitrogen and oxygen atoms in total. The second-order valence-electron chi connectivity index (χ2n) is 5.45. The molecule has 0 amide bonds. The zero-order chi connectivity index (χ0) is 13.0. The quantitative estimate of drug-likeness (QED) is 0.610. The number of rotatable bonds is 5. The normalized spacial score (nSPS) is 20.2. The van der Waals surface area contributed by atoms with E-state index in [9.17, 15) is 0 Å². The molecule has 1 aromatic heterocycles. The minimum absolute atomic E-state index is 0.173. The van der Waals surface area contributed by atoms with Crippen LogP contribution in [0.2, 0.25) is 0 Å². The SMILES string of the molecule is CN(C)C1(C(Cc2ccccn2)NN)CCCC1. The highest BCUT2D eigenvalue weighted by Gasteiger charge is 2.42. The first-order chi connectivity index (χ1) is 8.69. The first-order valence-electron chi connectivity index (χ1n) is 6.72. The van der Waals surface area contributed by atoms with Gasteiger partial charge in [-0.3, -0.25) is 16.3 Å². The van der Waals surface area contributed by atoms with Crippen molar-refractivity contribution in [2.45, 2.75) is 43.7 Å². The summed E-state index contributed by atoms with van der Waals surface area (Å²) in [5.41, 5.74) is 4.31. The van der Waals surface area contributed by atoms with E-state index in [2.05, 4.69) is 35.5 Å². The average molecular weight is 248 g/mol. The van der Waals surface area contributed by atoms with Crippen LogP contribution in [0.5, 0.6) is 0 Å². The van der Waals surface area contributed by atoms with E-state index in [1.54, 1.807) is 0 Å². The van der Waals surface area contributed by atoms with Crippen molar-refractivity contribution >= 4 is 0 Å². The van der Waals surface area contributed by atoms with Crippen molar-refractivity contribution in [3.05, 3.63) is 30.1 Å². The molecule has 0 aromatic carbocycles. The third-order valence-corrected chi connectivity index (χ3v) is 4.35. The molecule has 1 aromatic rings. The summed E-state index contributed by atoms with van der Waals surface area (Å²) in [6.45, 7) is 0. The largest absolute Gasteiger partial charge is 0.302 e. The third-order valence-electron chi connectivity index (χ3n) is 4.35. The molecule has 3 N–H and O–H groups in total. The molecule has 4 heteroatoms. The molecular weight excluding hydrogens is 224 g/mol. The molecule has 100 valence electrons. The number of hydrogen-bond acceptors (Lipinski definition) is 4. The zero-order valence-corrected chi connectivity index (χ0v) is 11.4. The van der Waals surface area contributed by atoms with Gasteiger partial charge in [0.25, 0.3) is 0 Å². The summed E-state index contributed by atoms with van der Waals surface area (Å²) >= 11 is 0. The van der Waals surface area contributed by atoms with Gasteiger partial charge in [0.05, 0.1) is 0 Å². The Morgan fingerprint density at radius 3 is 2.61 bits per heavy atom. The van der Waals surface area contributed by atoms with Gasteiger partial charge in [-0.05, 0) is 39.1 Å². The van der Waals surface area contributed by atoms with Gasteiger partial charge in [-0.2, -0.15) is 0 Å². The lowest BCUT2D eigenvalue weighted by atomic mass is 9.84. The molecule has 1 aliphatic carbocycles. The molecule has 1 heterocycles. The Kier molecular flexibility index (Phi) is 4.32. The van der Waals surface area contributed by atoms with Crippen LogP contribution < -0.4 is 11.3 Å². The van der Waals surface area contributed by atoms with E-state index < -0.39 is 0 Å². The Bertz CT molecular complexity index is 357. The second kappa shape index (κ2) is 5.78. The van der Waals surface area contributed by atoms with Gasteiger partial charge in [-0.15, -0.1) is 0 Å². The minimum Gasteiger partial charge on any atom is -0.302 e. The lowest BCUT2D eigenvalue weighted by molar-refractivity contribution is 0.104. The van der Waals surface area contributed by atoms with Crippen LogP contribution in [0.3, 0.4) is 0 Å². The first-order valence-corrected chi connectivity index (χ1v) is 6.72. The van der Waals surface area contributed by atoms with Crippen LogP contribution in [0.25, 0.3) is 0 Å². The lowest BCUT2D eigenvalue weighted by Gasteiger charge is -2.43. The van der Waals surface area contributed by atoms with Crippen LogP contribution in [0.1, 0.15) is 31.4 Å². The van der Waals surface area contributed by atoms with E-state index in [0.717, 1.165) is 12.1 Å². The summed E-state index contributed by atoms with van der Waals surface area (Å²) in [5.74, 6) is 5.82. The van der Waals surface area contributed by atoms with Crippen LogP contribution in [-0.2, 0) is 6.42 Å². The second-order valence-corrected chi connectivity index (χ2v) is 5.45. The highest BCUT2D eigenvalue weighted by Crippen LogP contribution is 2.37. The molecule has 2 rings (SSSR count). The van der Waals surface area contributed by atoms with Crippen molar-refractivity contribution in [3.8, 4) is 0 Å². The summed E-state index contributed by atoms with van der Waals surface area (Å²) in [6, 6.07) is 6.31. The van der Waals surface area contributed by atoms with Crippen molar-refractivity contribution < 1.29 is 0 Å². The fourth-order valence-corrected chi connectivity index (χ4v) is 3.23.